The van der Waals surface area contributed by atoms with E-state index in [4.69, 9.17) is 11.6 Å². The molecule has 1 aliphatic rings. The molecular formula is C19H24ClFN4O. The first-order valence-electron chi connectivity index (χ1n) is 8.76. The molecule has 0 spiro atoms. The van der Waals surface area contributed by atoms with Crippen molar-refractivity contribution < 1.29 is 9.18 Å². The Balaban J connectivity index is 1.78. The van der Waals surface area contributed by atoms with E-state index in [0.717, 1.165) is 12.8 Å². The van der Waals surface area contributed by atoms with E-state index in [-0.39, 0.29) is 30.0 Å². The largest absolute Gasteiger partial charge is 0.333 e. The molecule has 5 nitrogen and oxygen atoms in total. The number of hydrogen-bond acceptors (Lipinski definition) is 2. The van der Waals surface area contributed by atoms with Crippen molar-refractivity contribution in [1.29, 1.82) is 0 Å². The second-order valence-corrected chi connectivity index (χ2v) is 8.12. The van der Waals surface area contributed by atoms with Crippen LogP contribution in [0.25, 0.3) is 0 Å². The molecular weight excluding hydrogens is 355 g/mol. The van der Waals surface area contributed by atoms with Gasteiger partial charge in [0, 0.05) is 34.6 Å². The van der Waals surface area contributed by atoms with Gasteiger partial charge in [-0.3, -0.25) is 0 Å². The topological polar surface area (TPSA) is 50.2 Å². The van der Waals surface area contributed by atoms with Gasteiger partial charge in [0.15, 0.2) is 0 Å². The van der Waals surface area contributed by atoms with E-state index in [1.54, 1.807) is 24.5 Å². The zero-order valence-corrected chi connectivity index (χ0v) is 16.1. The highest BCUT2D eigenvalue weighted by Crippen LogP contribution is 2.29. The molecule has 140 valence electrons. The van der Waals surface area contributed by atoms with Crippen LogP contribution >= 0.6 is 11.6 Å². The van der Waals surface area contributed by atoms with E-state index in [9.17, 15) is 9.18 Å². The smallest absolute Gasteiger partial charge is 0.318 e. The monoisotopic (exact) mass is 378 g/mol. The first kappa shape index (κ1) is 18.7. The Morgan fingerprint density at radius 2 is 2.15 bits per heavy atom. The summed E-state index contributed by atoms with van der Waals surface area (Å²) in [5.41, 5.74) is 0.117. The second-order valence-electron chi connectivity index (χ2n) is 7.71. The summed E-state index contributed by atoms with van der Waals surface area (Å²) < 4.78 is 15.9. The fraction of sp³-hybridized carbons (Fsp3) is 0.474. The molecule has 0 atom stereocenters. The summed E-state index contributed by atoms with van der Waals surface area (Å²) >= 11 is 6.14. The number of nitrogens with zero attached hydrogens (tertiary/aromatic N) is 3. The number of carbonyl (C=O) groups excluding carboxylic acids is 1. The predicted molar refractivity (Wildman–Crippen MR) is 99.6 cm³/mol. The number of rotatable bonds is 5. The van der Waals surface area contributed by atoms with Crippen molar-refractivity contribution >= 4 is 17.6 Å². The highest BCUT2D eigenvalue weighted by Gasteiger charge is 2.34. The summed E-state index contributed by atoms with van der Waals surface area (Å²) in [6.07, 6.45) is 5.44. The van der Waals surface area contributed by atoms with Crippen LogP contribution < -0.4 is 5.32 Å². The molecule has 7 heteroatoms. The number of carbonyl (C=O) groups is 1. The van der Waals surface area contributed by atoms with E-state index in [0.29, 0.717) is 23.0 Å². The van der Waals surface area contributed by atoms with Crippen molar-refractivity contribution in [2.75, 3.05) is 0 Å². The van der Waals surface area contributed by atoms with Crippen LogP contribution in [0.4, 0.5) is 9.18 Å². The van der Waals surface area contributed by atoms with Crippen LogP contribution in [0.2, 0.25) is 5.02 Å². The molecule has 1 heterocycles. The Labute approximate surface area is 158 Å². The number of imidazole rings is 1. The van der Waals surface area contributed by atoms with Gasteiger partial charge >= 0.3 is 6.03 Å². The molecule has 1 aliphatic carbocycles. The predicted octanol–water partition coefficient (Wildman–Crippen LogP) is 4.20. The van der Waals surface area contributed by atoms with Crippen molar-refractivity contribution in [2.24, 2.45) is 0 Å². The maximum Gasteiger partial charge on any atom is 0.318 e. The molecule has 0 radical (unpaired) electrons. The number of amides is 2. The Kier molecular flexibility index (Phi) is 5.23. The number of nitrogens with one attached hydrogen (secondary N) is 1. The van der Waals surface area contributed by atoms with Crippen LogP contribution in [0, 0.1) is 5.82 Å². The van der Waals surface area contributed by atoms with Gasteiger partial charge < -0.3 is 14.8 Å². The minimum atomic E-state index is -0.346. The first-order valence-corrected chi connectivity index (χ1v) is 9.14. The molecule has 0 bridgehead atoms. The zero-order chi connectivity index (χ0) is 18.9. The average Bonchev–Trinajstić information content (AvgIpc) is 3.27. The van der Waals surface area contributed by atoms with Gasteiger partial charge in [0.25, 0.3) is 0 Å². The summed E-state index contributed by atoms with van der Waals surface area (Å²) in [6.45, 7) is 6.52. The average molecular weight is 379 g/mol. The molecule has 2 aromatic rings. The second kappa shape index (κ2) is 7.27. The first-order chi connectivity index (χ1) is 12.2. The minimum absolute atomic E-state index is 0.0986. The lowest BCUT2D eigenvalue weighted by Crippen LogP contribution is -2.49. The van der Waals surface area contributed by atoms with Gasteiger partial charge in [-0.05, 0) is 45.7 Å². The molecule has 3 rings (SSSR count). The lowest BCUT2D eigenvalue weighted by molar-refractivity contribution is 0.180. The van der Waals surface area contributed by atoms with Crippen molar-refractivity contribution in [3.05, 3.63) is 52.8 Å². The SMILES string of the molecule is CC(C)(C)NC(=O)N(Cc1nccn1Cc1c(F)cccc1Cl)C1CC1. The van der Waals surface area contributed by atoms with E-state index in [2.05, 4.69) is 10.3 Å². The third kappa shape index (κ3) is 4.55. The zero-order valence-electron chi connectivity index (χ0n) is 15.3. The number of benzene rings is 1. The number of urea groups is 1. The summed E-state index contributed by atoms with van der Waals surface area (Å²) in [5, 5.41) is 3.39. The Morgan fingerprint density at radius 1 is 1.42 bits per heavy atom. The molecule has 0 unspecified atom stereocenters. The maximum atomic E-state index is 14.1. The minimum Gasteiger partial charge on any atom is -0.333 e. The molecule has 0 aliphatic heterocycles. The number of hydrogen-bond donors (Lipinski definition) is 1. The van der Waals surface area contributed by atoms with E-state index < -0.39 is 0 Å². The van der Waals surface area contributed by atoms with Gasteiger partial charge in [-0.1, -0.05) is 17.7 Å². The van der Waals surface area contributed by atoms with Gasteiger partial charge in [0.05, 0.1) is 13.1 Å². The highest BCUT2D eigenvalue weighted by molar-refractivity contribution is 6.31. The number of halogens is 2. The number of aromatic nitrogens is 2. The van der Waals surface area contributed by atoms with Crippen LogP contribution in [0.15, 0.2) is 30.6 Å². The molecule has 26 heavy (non-hydrogen) atoms. The molecule has 1 aromatic heterocycles. The molecule has 2 amide bonds. The summed E-state index contributed by atoms with van der Waals surface area (Å²) in [5.74, 6) is 0.363. The van der Waals surface area contributed by atoms with Crippen LogP contribution in [-0.4, -0.2) is 32.1 Å². The standard InChI is InChI=1S/C19H24ClFN4O/c1-19(2,3)23-18(26)25(13-7-8-13)12-17-22-9-10-24(17)11-14-15(20)5-4-6-16(14)21/h4-6,9-10,13H,7-8,11-12H2,1-3H3,(H,23,26). The quantitative estimate of drug-likeness (QED) is 0.847. The van der Waals surface area contributed by atoms with E-state index >= 15 is 0 Å². The summed E-state index contributed by atoms with van der Waals surface area (Å²) in [6, 6.07) is 4.79. The van der Waals surface area contributed by atoms with Gasteiger partial charge in [0.2, 0.25) is 0 Å². The molecule has 1 fully saturated rings. The molecule has 1 saturated carbocycles. The van der Waals surface area contributed by atoms with Gasteiger partial charge in [-0.15, -0.1) is 0 Å². The summed E-state index contributed by atoms with van der Waals surface area (Å²) in [7, 11) is 0. The van der Waals surface area contributed by atoms with Crippen molar-refractivity contribution in [2.45, 2.75) is 58.3 Å². The van der Waals surface area contributed by atoms with Crippen LogP contribution in [0.1, 0.15) is 45.0 Å². The van der Waals surface area contributed by atoms with Gasteiger partial charge in [-0.25, -0.2) is 14.2 Å². The molecule has 1 aromatic carbocycles. The van der Waals surface area contributed by atoms with E-state index in [1.807, 2.05) is 30.2 Å². The van der Waals surface area contributed by atoms with Crippen molar-refractivity contribution in [3.63, 3.8) is 0 Å². The molecule has 0 saturated heterocycles. The Morgan fingerprint density at radius 3 is 2.77 bits per heavy atom. The Hall–Kier alpha value is -2.08. The third-order valence-corrected chi connectivity index (χ3v) is 4.59. The summed E-state index contributed by atoms with van der Waals surface area (Å²) in [4.78, 5) is 18.8. The van der Waals surface area contributed by atoms with Crippen LogP contribution in [0.5, 0.6) is 0 Å². The fourth-order valence-corrected chi connectivity index (χ4v) is 3.01. The van der Waals surface area contributed by atoms with Crippen LogP contribution in [0.3, 0.4) is 0 Å². The molecule has 1 N–H and O–H groups in total. The normalized spacial score (nSPS) is 14.3. The lowest BCUT2D eigenvalue weighted by atomic mass is 10.1. The van der Waals surface area contributed by atoms with Crippen molar-refractivity contribution in [1.82, 2.24) is 19.8 Å². The lowest BCUT2D eigenvalue weighted by Gasteiger charge is -2.28. The Bertz CT molecular complexity index is 775. The third-order valence-electron chi connectivity index (χ3n) is 4.23. The highest BCUT2D eigenvalue weighted by atomic mass is 35.5. The maximum absolute atomic E-state index is 14.1. The van der Waals surface area contributed by atoms with E-state index in [1.165, 1.54) is 6.07 Å². The van der Waals surface area contributed by atoms with Gasteiger partial charge in [-0.2, -0.15) is 0 Å². The van der Waals surface area contributed by atoms with Crippen LogP contribution in [-0.2, 0) is 13.1 Å². The fourth-order valence-electron chi connectivity index (χ4n) is 2.79. The van der Waals surface area contributed by atoms with Crippen molar-refractivity contribution in [3.8, 4) is 0 Å². The van der Waals surface area contributed by atoms with Gasteiger partial charge in [0.1, 0.15) is 11.6 Å².